The summed E-state index contributed by atoms with van der Waals surface area (Å²) in [5.41, 5.74) is 1.15. The Morgan fingerprint density at radius 1 is 1.14 bits per heavy atom. The predicted molar refractivity (Wildman–Crippen MR) is 91.0 cm³/mol. The smallest absolute Gasteiger partial charge is 0.234 e. The Morgan fingerprint density at radius 2 is 1.91 bits per heavy atom. The monoisotopic (exact) mass is 314 g/mol. The van der Waals surface area contributed by atoms with Crippen LogP contribution in [0.5, 0.6) is 0 Å². The van der Waals surface area contributed by atoms with E-state index in [2.05, 4.69) is 27.7 Å². The van der Waals surface area contributed by atoms with Crippen LogP contribution in [0.1, 0.15) is 29.2 Å². The van der Waals surface area contributed by atoms with Crippen molar-refractivity contribution in [2.24, 2.45) is 0 Å². The number of rotatable bonds is 5. The lowest BCUT2D eigenvalue weighted by molar-refractivity contribution is -0.122. The zero-order chi connectivity index (χ0) is 15.2. The Bertz CT molecular complexity index is 574. The number of benzene rings is 1. The van der Waals surface area contributed by atoms with E-state index in [-0.39, 0.29) is 5.91 Å². The van der Waals surface area contributed by atoms with E-state index >= 15 is 0 Å². The SMILES string of the molecule is O=C(CN1CCC(c2cccs2)CC1)NCc1ccccc1. The molecule has 2 heterocycles. The van der Waals surface area contributed by atoms with Gasteiger partial charge in [-0.3, -0.25) is 9.69 Å². The maximum absolute atomic E-state index is 12.0. The van der Waals surface area contributed by atoms with Crippen LogP contribution in [-0.2, 0) is 11.3 Å². The molecule has 1 aliphatic rings. The van der Waals surface area contributed by atoms with Crippen LogP contribution in [-0.4, -0.2) is 30.4 Å². The summed E-state index contributed by atoms with van der Waals surface area (Å²) in [7, 11) is 0. The Morgan fingerprint density at radius 3 is 2.59 bits per heavy atom. The molecule has 1 saturated heterocycles. The van der Waals surface area contributed by atoms with Gasteiger partial charge in [-0.2, -0.15) is 0 Å². The molecule has 0 aliphatic carbocycles. The van der Waals surface area contributed by atoms with Gasteiger partial charge in [0.15, 0.2) is 0 Å². The number of likely N-dealkylation sites (tertiary alicyclic amines) is 1. The normalized spacial score (nSPS) is 16.5. The van der Waals surface area contributed by atoms with E-state index in [9.17, 15) is 4.79 Å². The minimum Gasteiger partial charge on any atom is -0.351 e. The van der Waals surface area contributed by atoms with Crippen LogP contribution >= 0.6 is 11.3 Å². The zero-order valence-corrected chi connectivity index (χ0v) is 13.5. The molecule has 0 unspecified atom stereocenters. The summed E-state index contributed by atoms with van der Waals surface area (Å²) >= 11 is 1.85. The summed E-state index contributed by atoms with van der Waals surface area (Å²) in [5.74, 6) is 0.807. The third-order valence-electron chi connectivity index (χ3n) is 4.23. The largest absolute Gasteiger partial charge is 0.351 e. The second-order valence-electron chi connectivity index (χ2n) is 5.83. The van der Waals surface area contributed by atoms with Crippen molar-refractivity contribution in [3.8, 4) is 0 Å². The molecule has 3 nitrogen and oxygen atoms in total. The van der Waals surface area contributed by atoms with Crippen molar-refractivity contribution in [3.63, 3.8) is 0 Å². The van der Waals surface area contributed by atoms with Crippen molar-refractivity contribution >= 4 is 17.2 Å². The van der Waals surface area contributed by atoms with Gasteiger partial charge in [0.1, 0.15) is 0 Å². The molecule has 3 rings (SSSR count). The number of hydrogen-bond acceptors (Lipinski definition) is 3. The lowest BCUT2D eigenvalue weighted by atomic mass is 9.95. The van der Waals surface area contributed by atoms with E-state index in [1.165, 1.54) is 4.88 Å². The van der Waals surface area contributed by atoms with E-state index in [1.54, 1.807) is 0 Å². The first-order valence-electron chi connectivity index (χ1n) is 7.87. The molecule has 0 spiro atoms. The fraction of sp³-hybridized carbons (Fsp3) is 0.389. The Balaban J connectivity index is 1.40. The van der Waals surface area contributed by atoms with E-state index in [0.29, 0.717) is 19.0 Å². The maximum atomic E-state index is 12.0. The fourth-order valence-electron chi connectivity index (χ4n) is 2.95. The van der Waals surface area contributed by atoms with Gasteiger partial charge in [-0.1, -0.05) is 36.4 Å². The third-order valence-corrected chi connectivity index (χ3v) is 5.27. The Kier molecular flexibility index (Phi) is 5.24. The summed E-state index contributed by atoms with van der Waals surface area (Å²) in [5, 5.41) is 5.16. The van der Waals surface area contributed by atoms with Crippen LogP contribution < -0.4 is 5.32 Å². The topological polar surface area (TPSA) is 32.3 Å². The van der Waals surface area contributed by atoms with E-state index in [1.807, 2.05) is 41.7 Å². The highest BCUT2D eigenvalue weighted by Gasteiger charge is 2.22. The average Bonchev–Trinajstić information content (AvgIpc) is 3.09. The lowest BCUT2D eigenvalue weighted by Crippen LogP contribution is -2.40. The molecular weight excluding hydrogens is 292 g/mol. The number of hydrogen-bond donors (Lipinski definition) is 1. The van der Waals surface area contributed by atoms with Crippen LogP contribution in [0.25, 0.3) is 0 Å². The van der Waals surface area contributed by atoms with Crippen LogP contribution in [0.4, 0.5) is 0 Å². The van der Waals surface area contributed by atoms with Gasteiger partial charge in [-0.05, 0) is 48.9 Å². The second-order valence-corrected chi connectivity index (χ2v) is 6.81. The van der Waals surface area contributed by atoms with E-state index in [0.717, 1.165) is 31.5 Å². The predicted octanol–water partition coefficient (Wildman–Crippen LogP) is 3.24. The summed E-state index contributed by atoms with van der Waals surface area (Å²) in [4.78, 5) is 15.8. The van der Waals surface area contributed by atoms with E-state index < -0.39 is 0 Å². The third kappa shape index (κ3) is 4.18. The number of carbonyl (C=O) groups is 1. The number of carbonyl (C=O) groups excluding carboxylic acids is 1. The molecule has 4 heteroatoms. The van der Waals surface area contributed by atoms with Gasteiger partial charge >= 0.3 is 0 Å². The number of nitrogens with zero attached hydrogens (tertiary/aromatic N) is 1. The average molecular weight is 314 g/mol. The van der Waals surface area contributed by atoms with Crippen LogP contribution in [0.3, 0.4) is 0 Å². The summed E-state index contributed by atoms with van der Waals surface area (Å²) in [6, 6.07) is 14.4. The number of piperidine rings is 1. The highest BCUT2D eigenvalue weighted by Crippen LogP contribution is 2.30. The van der Waals surface area contributed by atoms with Crippen LogP contribution in [0, 0.1) is 0 Å². The zero-order valence-electron chi connectivity index (χ0n) is 12.7. The minimum absolute atomic E-state index is 0.124. The molecule has 1 fully saturated rings. The molecule has 1 N–H and O–H groups in total. The first kappa shape index (κ1) is 15.3. The van der Waals surface area contributed by atoms with Crippen molar-refractivity contribution in [2.75, 3.05) is 19.6 Å². The summed E-state index contributed by atoms with van der Waals surface area (Å²) < 4.78 is 0. The molecule has 0 radical (unpaired) electrons. The van der Waals surface area contributed by atoms with Gasteiger partial charge in [-0.25, -0.2) is 0 Å². The Labute approximate surface area is 136 Å². The summed E-state index contributed by atoms with van der Waals surface area (Å²) in [6.07, 6.45) is 2.32. The second kappa shape index (κ2) is 7.56. The van der Waals surface area contributed by atoms with Crippen LogP contribution in [0.15, 0.2) is 47.8 Å². The molecule has 1 amide bonds. The van der Waals surface area contributed by atoms with Crippen molar-refractivity contribution in [1.82, 2.24) is 10.2 Å². The van der Waals surface area contributed by atoms with Crippen molar-refractivity contribution in [2.45, 2.75) is 25.3 Å². The van der Waals surface area contributed by atoms with Gasteiger partial charge in [-0.15, -0.1) is 11.3 Å². The highest BCUT2D eigenvalue weighted by atomic mass is 32.1. The van der Waals surface area contributed by atoms with Gasteiger partial charge in [0, 0.05) is 11.4 Å². The molecule has 0 bridgehead atoms. The van der Waals surface area contributed by atoms with Crippen molar-refractivity contribution < 1.29 is 4.79 Å². The fourth-order valence-corrected chi connectivity index (χ4v) is 3.85. The molecule has 2 aromatic rings. The standard InChI is InChI=1S/C18H22N2OS/c21-18(19-13-15-5-2-1-3-6-15)14-20-10-8-16(9-11-20)17-7-4-12-22-17/h1-7,12,16H,8-11,13-14H2,(H,19,21). The summed E-state index contributed by atoms with van der Waals surface area (Å²) in [6.45, 7) is 3.16. The minimum atomic E-state index is 0.124. The van der Waals surface area contributed by atoms with Gasteiger partial charge in [0.2, 0.25) is 5.91 Å². The van der Waals surface area contributed by atoms with Crippen molar-refractivity contribution in [3.05, 3.63) is 58.3 Å². The molecule has 0 saturated carbocycles. The number of amides is 1. The maximum Gasteiger partial charge on any atom is 0.234 e. The number of thiophene rings is 1. The van der Waals surface area contributed by atoms with Gasteiger partial charge < -0.3 is 5.32 Å². The molecule has 116 valence electrons. The Hall–Kier alpha value is -1.65. The van der Waals surface area contributed by atoms with E-state index in [4.69, 9.17) is 0 Å². The quantitative estimate of drug-likeness (QED) is 0.919. The first-order valence-corrected chi connectivity index (χ1v) is 8.75. The van der Waals surface area contributed by atoms with Gasteiger partial charge in [0.25, 0.3) is 0 Å². The molecule has 1 aromatic heterocycles. The molecular formula is C18H22N2OS. The first-order chi connectivity index (χ1) is 10.8. The molecule has 0 atom stereocenters. The van der Waals surface area contributed by atoms with Crippen LogP contribution in [0.2, 0.25) is 0 Å². The van der Waals surface area contributed by atoms with Crippen molar-refractivity contribution in [1.29, 1.82) is 0 Å². The highest BCUT2D eigenvalue weighted by molar-refractivity contribution is 7.10. The lowest BCUT2D eigenvalue weighted by Gasteiger charge is -2.30. The molecule has 22 heavy (non-hydrogen) atoms. The molecule has 1 aromatic carbocycles. The van der Waals surface area contributed by atoms with Gasteiger partial charge in [0.05, 0.1) is 6.54 Å². The number of nitrogens with one attached hydrogen (secondary N) is 1. The molecule has 1 aliphatic heterocycles.